The molecule has 1 atom stereocenters. The van der Waals surface area contributed by atoms with Crippen LogP contribution in [0.4, 0.5) is 4.39 Å². The van der Waals surface area contributed by atoms with Gasteiger partial charge in [0.05, 0.1) is 11.2 Å². The summed E-state index contributed by atoms with van der Waals surface area (Å²) in [6.07, 6.45) is 2.24. The van der Waals surface area contributed by atoms with Crippen molar-refractivity contribution in [2.75, 3.05) is 18.1 Å². The normalized spacial score (nSPS) is 16.4. The highest BCUT2D eigenvalue weighted by atomic mass is 35.5. The minimum absolute atomic E-state index is 0. The van der Waals surface area contributed by atoms with E-state index in [-0.39, 0.29) is 29.9 Å². The van der Waals surface area contributed by atoms with Gasteiger partial charge in [-0.3, -0.25) is 9.80 Å². The van der Waals surface area contributed by atoms with Gasteiger partial charge in [-0.25, -0.2) is 4.39 Å². The summed E-state index contributed by atoms with van der Waals surface area (Å²) >= 11 is 6.15. The molecule has 1 saturated heterocycles. The van der Waals surface area contributed by atoms with Crippen LogP contribution in [-0.2, 0) is 6.42 Å². The molecule has 0 saturated carbocycles. The van der Waals surface area contributed by atoms with Gasteiger partial charge in [-0.1, -0.05) is 18.5 Å². The van der Waals surface area contributed by atoms with Crippen molar-refractivity contribution >= 4 is 40.7 Å². The predicted octanol–water partition coefficient (Wildman–Crippen LogP) is 5.04. The zero-order valence-corrected chi connectivity index (χ0v) is 17.1. The number of ketones is 1. The molecule has 0 amide bonds. The molecule has 0 bridgehead atoms. The Morgan fingerprint density at radius 3 is 2.71 bits per heavy atom. The number of benzene rings is 2. The maximum atomic E-state index is 13.0. The Kier molecular flexibility index (Phi) is 6.26. The average Bonchev–Trinajstić information content (AvgIpc) is 3.26. The van der Waals surface area contributed by atoms with Gasteiger partial charge < -0.3 is 0 Å². The number of carbonyl (C=O) groups is 1. The van der Waals surface area contributed by atoms with Crippen LogP contribution in [0.3, 0.4) is 0 Å². The fourth-order valence-corrected chi connectivity index (χ4v) is 3.95. The maximum Gasteiger partial charge on any atom is 0.163 e. The molecule has 1 fully saturated rings. The highest BCUT2D eigenvalue weighted by Crippen LogP contribution is 2.27. The number of carbonyl (C=O) groups excluding carboxylic acids is 1. The summed E-state index contributed by atoms with van der Waals surface area (Å²) in [5, 5.41) is 8.75. The van der Waals surface area contributed by atoms with Gasteiger partial charge in [0, 0.05) is 35.5 Å². The number of nitrogens with zero attached hydrogens (tertiary/aromatic N) is 3. The van der Waals surface area contributed by atoms with Gasteiger partial charge in [0.25, 0.3) is 0 Å². The molecular weight excluding hydrogens is 400 g/mol. The summed E-state index contributed by atoms with van der Waals surface area (Å²) in [5.41, 5.74) is 2.64. The molecule has 4 nitrogen and oxygen atoms in total. The Hall–Kier alpha value is -2.11. The fraction of sp³-hybridized carbons (Fsp3) is 0.333. The zero-order valence-electron chi connectivity index (χ0n) is 15.6. The molecule has 28 heavy (non-hydrogen) atoms. The summed E-state index contributed by atoms with van der Waals surface area (Å²) in [4.78, 5) is 14.4. The summed E-state index contributed by atoms with van der Waals surface area (Å²) in [5.74, 6) is 0.00312. The van der Waals surface area contributed by atoms with Crippen molar-refractivity contribution in [2.45, 2.75) is 26.2 Å². The van der Waals surface area contributed by atoms with Gasteiger partial charge in [-0.2, -0.15) is 9.89 Å². The second-order valence-electron chi connectivity index (χ2n) is 7.05. The van der Waals surface area contributed by atoms with Crippen LogP contribution < -0.4 is 5.01 Å². The van der Waals surface area contributed by atoms with E-state index in [1.54, 1.807) is 12.1 Å². The third-order valence-corrected chi connectivity index (χ3v) is 5.44. The molecule has 7 heteroatoms. The minimum atomic E-state index is -0.323. The first-order valence-corrected chi connectivity index (χ1v) is 9.64. The van der Waals surface area contributed by atoms with Gasteiger partial charge in [0.1, 0.15) is 5.82 Å². The van der Waals surface area contributed by atoms with Crippen LogP contribution in [0.1, 0.15) is 35.8 Å². The number of Topliss-reactive ketones (excluding diaryl/α,β-unsaturated/α-hetero) is 1. The van der Waals surface area contributed by atoms with Crippen LogP contribution >= 0.6 is 24.0 Å². The molecule has 3 aromatic rings. The van der Waals surface area contributed by atoms with Crippen molar-refractivity contribution in [2.24, 2.45) is 5.92 Å². The van der Waals surface area contributed by atoms with Crippen LogP contribution in [-0.4, -0.2) is 28.8 Å². The summed E-state index contributed by atoms with van der Waals surface area (Å²) in [6.45, 7) is 3.71. The van der Waals surface area contributed by atoms with Crippen LogP contribution in [0.2, 0.25) is 5.02 Å². The zero-order chi connectivity index (χ0) is 19.0. The molecule has 1 aliphatic rings. The van der Waals surface area contributed by atoms with Gasteiger partial charge >= 0.3 is 0 Å². The molecule has 1 aliphatic heterocycles. The van der Waals surface area contributed by atoms with E-state index in [1.807, 2.05) is 23.0 Å². The average molecular weight is 422 g/mol. The molecule has 2 heterocycles. The highest BCUT2D eigenvalue weighted by Gasteiger charge is 2.27. The molecule has 0 aliphatic carbocycles. The van der Waals surface area contributed by atoms with E-state index in [4.69, 9.17) is 16.7 Å². The van der Waals surface area contributed by atoms with Crippen LogP contribution in [0.15, 0.2) is 42.5 Å². The van der Waals surface area contributed by atoms with Gasteiger partial charge in [-0.05, 0) is 61.2 Å². The van der Waals surface area contributed by atoms with Crippen molar-refractivity contribution in [1.82, 2.24) is 9.89 Å². The third-order valence-electron chi connectivity index (χ3n) is 5.21. The Bertz CT molecular complexity index is 987. The third kappa shape index (κ3) is 4.01. The van der Waals surface area contributed by atoms with Gasteiger partial charge in [-0.15, -0.1) is 12.4 Å². The topological polar surface area (TPSA) is 38.1 Å². The van der Waals surface area contributed by atoms with E-state index in [1.165, 1.54) is 12.1 Å². The number of aryl methyl sites for hydroxylation is 1. The fourth-order valence-electron chi connectivity index (χ4n) is 3.78. The lowest BCUT2D eigenvalue weighted by Gasteiger charge is -2.19. The van der Waals surface area contributed by atoms with E-state index < -0.39 is 0 Å². The Labute approximate surface area is 174 Å². The molecule has 0 spiro atoms. The molecule has 1 unspecified atom stereocenters. The molecule has 1 aromatic heterocycles. The second kappa shape index (κ2) is 8.50. The maximum absolute atomic E-state index is 13.0. The lowest BCUT2D eigenvalue weighted by molar-refractivity contribution is 0.0964. The summed E-state index contributed by atoms with van der Waals surface area (Å²) < 4.78 is 13.0. The van der Waals surface area contributed by atoms with Crippen LogP contribution in [0, 0.1) is 11.7 Å². The second-order valence-corrected chi connectivity index (χ2v) is 7.49. The van der Waals surface area contributed by atoms with Gasteiger partial charge in [0.15, 0.2) is 5.78 Å². The van der Waals surface area contributed by atoms with Gasteiger partial charge in [0.2, 0.25) is 0 Å². The molecule has 2 aromatic carbocycles. The number of halogens is 3. The Morgan fingerprint density at radius 2 is 2.00 bits per heavy atom. The highest BCUT2D eigenvalue weighted by molar-refractivity contribution is 6.31. The lowest BCUT2D eigenvalue weighted by Crippen LogP contribution is -2.33. The van der Waals surface area contributed by atoms with Crippen molar-refractivity contribution in [1.29, 1.82) is 0 Å². The lowest BCUT2D eigenvalue weighted by atomic mass is 9.98. The standard InChI is InChI=1S/C21H21ClFN3O.ClH/c1-2-19-18-12-16(22)5-8-20(18)26(24-19)25-10-9-14(13-25)11-21(27)15-3-6-17(23)7-4-15;/h3-8,12,14H,2,9-11,13H2,1H3;1H. The van der Waals surface area contributed by atoms with E-state index in [9.17, 15) is 9.18 Å². The first-order chi connectivity index (χ1) is 13.0. The summed E-state index contributed by atoms with van der Waals surface area (Å²) in [6, 6.07) is 11.6. The molecule has 0 radical (unpaired) electrons. The van der Waals surface area contributed by atoms with Crippen LogP contribution in [0.5, 0.6) is 0 Å². The SMILES string of the molecule is CCc1nn(N2CCC(CC(=O)c3ccc(F)cc3)C2)c2ccc(Cl)cc12.Cl. The summed E-state index contributed by atoms with van der Waals surface area (Å²) in [7, 11) is 0. The van der Waals surface area contributed by atoms with Crippen molar-refractivity contribution in [3.63, 3.8) is 0 Å². The number of hydrogen-bond donors (Lipinski definition) is 0. The molecule has 148 valence electrons. The Morgan fingerprint density at radius 1 is 1.25 bits per heavy atom. The first-order valence-electron chi connectivity index (χ1n) is 9.26. The number of aromatic nitrogens is 2. The van der Waals surface area contributed by atoms with E-state index in [0.717, 1.165) is 42.5 Å². The monoisotopic (exact) mass is 421 g/mol. The minimum Gasteiger partial charge on any atom is -0.296 e. The number of rotatable bonds is 5. The van der Waals surface area contributed by atoms with Crippen LogP contribution in [0.25, 0.3) is 10.9 Å². The quantitative estimate of drug-likeness (QED) is 0.541. The molecule has 4 rings (SSSR count). The Balaban J connectivity index is 0.00000225. The molecular formula is C21H22Cl2FN3O. The predicted molar refractivity (Wildman–Crippen MR) is 113 cm³/mol. The largest absolute Gasteiger partial charge is 0.296 e. The molecule has 0 N–H and O–H groups in total. The van der Waals surface area contributed by atoms with Crippen molar-refractivity contribution in [3.8, 4) is 0 Å². The van der Waals surface area contributed by atoms with E-state index in [2.05, 4.69) is 11.9 Å². The van der Waals surface area contributed by atoms with Crippen molar-refractivity contribution < 1.29 is 9.18 Å². The van der Waals surface area contributed by atoms with Crippen molar-refractivity contribution in [3.05, 3.63) is 64.6 Å². The first kappa shape index (κ1) is 20.6. The van der Waals surface area contributed by atoms with E-state index in [0.29, 0.717) is 17.0 Å². The number of fused-ring (bicyclic) bond motifs is 1. The smallest absolute Gasteiger partial charge is 0.163 e. The van der Waals surface area contributed by atoms with E-state index >= 15 is 0 Å². The number of hydrogen-bond acceptors (Lipinski definition) is 3.